The number of hydrogen-bond donors (Lipinski definition) is 0. The molecular formula is C21H26O3. The van der Waals surface area contributed by atoms with Gasteiger partial charge in [-0.05, 0) is 50.8 Å². The Hall–Kier alpha value is -2.03. The summed E-state index contributed by atoms with van der Waals surface area (Å²) in [6.45, 7) is 7.85. The van der Waals surface area contributed by atoms with Crippen LogP contribution in [0.25, 0.3) is 6.08 Å². The van der Waals surface area contributed by atoms with Crippen LogP contribution in [0.5, 0.6) is 5.75 Å². The van der Waals surface area contributed by atoms with Crippen LogP contribution in [0.2, 0.25) is 0 Å². The van der Waals surface area contributed by atoms with Crippen LogP contribution in [0, 0.1) is 11.8 Å². The summed E-state index contributed by atoms with van der Waals surface area (Å²) >= 11 is 0. The van der Waals surface area contributed by atoms with Gasteiger partial charge in [0.2, 0.25) is 0 Å². The van der Waals surface area contributed by atoms with Crippen LogP contribution in [0.15, 0.2) is 36.9 Å². The molecule has 0 spiro atoms. The molecule has 128 valence electrons. The Kier molecular flexibility index (Phi) is 5.08. The van der Waals surface area contributed by atoms with E-state index in [1.807, 2.05) is 32.0 Å². The molecule has 1 saturated carbocycles. The third-order valence-electron chi connectivity index (χ3n) is 4.82. The second-order valence-corrected chi connectivity index (χ2v) is 6.99. The number of hydrogen-bond acceptors (Lipinski definition) is 3. The van der Waals surface area contributed by atoms with E-state index in [0.717, 1.165) is 29.7 Å². The third-order valence-corrected chi connectivity index (χ3v) is 4.82. The Morgan fingerprint density at radius 1 is 1.29 bits per heavy atom. The number of esters is 1. The summed E-state index contributed by atoms with van der Waals surface area (Å²) in [7, 11) is 0. The predicted molar refractivity (Wildman–Crippen MR) is 95.9 cm³/mol. The summed E-state index contributed by atoms with van der Waals surface area (Å²) < 4.78 is 11.5. The molecule has 0 N–H and O–H groups in total. The fourth-order valence-corrected chi connectivity index (χ4v) is 3.63. The van der Waals surface area contributed by atoms with Crippen molar-refractivity contribution in [1.29, 1.82) is 0 Å². The van der Waals surface area contributed by atoms with Gasteiger partial charge >= 0.3 is 5.97 Å². The van der Waals surface area contributed by atoms with Crippen molar-refractivity contribution in [3.8, 4) is 5.75 Å². The van der Waals surface area contributed by atoms with Crippen LogP contribution in [-0.2, 0) is 16.0 Å². The molecule has 0 amide bonds. The smallest absolute Gasteiger partial charge is 0.306 e. The molecule has 3 heteroatoms. The van der Waals surface area contributed by atoms with Crippen LogP contribution in [0.4, 0.5) is 0 Å². The van der Waals surface area contributed by atoms with Gasteiger partial charge in [0, 0.05) is 23.8 Å². The minimum atomic E-state index is -0.0942. The highest BCUT2D eigenvalue weighted by atomic mass is 16.5. The van der Waals surface area contributed by atoms with Crippen LogP contribution < -0.4 is 4.74 Å². The summed E-state index contributed by atoms with van der Waals surface area (Å²) in [5.41, 5.74) is 2.07. The van der Waals surface area contributed by atoms with Crippen molar-refractivity contribution >= 4 is 12.0 Å². The highest BCUT2D eigenvalue weighted by molar-refractivity contribution is 5.70. The largest absolute Gasteiger partial charge is 0.490 e. The highest BCUT2D eigenvalue weighted by Gasteiger charge is 2.40. The summed E-state index contributed by atoms with van der Waals surface area (Å²) in [6, 6.07) is 6.01. The lowest BCUT2D eigenvalue weighted by Gasteiger charge is -2.17. The van der Waals surface area contributed by atoms with E-state index in [2.05, 4.69) is 18.7 Å². The van der Waals surface area contributed by atoms with E-state index in [1.165, 1.54) is 0 Å². The van der Waals surface area contributed by atoms with E-state index in [9.17, 15) is 4.79 Å². The lowest BCUT2D eigenvalue weighted by Crippen LogP contribution is -2.23. The van der Waals surface area contributed by atoms with Crippen molar-refractivity contribution in [1.82, 2.24) is 0 Å². The number of aryl methyl sites for hydroxylation is 1. The normalized spacial score (nSPS) is 24.4. The zero-order chi connectivity index (χ0) is 17.1. The van der Waals surface area contributed by atoms with Gasteiger partial charge in [0.15, 0.2) is 0 Å². The Morgan fingerprint density at radius 3 is 2.58 bits per heavy atom. The second kappa shape index (κ2) is 7.25. The van der Waals surface area contributed by atoms with Crippen LogP contribution in [0.3, 0.4) is 0 Å². The maximum atomic E-state index is 12.2. The predicted octanol–water partition coefficient (Wildman–Crippen LogP) is 4.56. The number of benzene rings is 1. The van der Waals surface area contributed by atoms with Crippen molar-refractivity contribution in [2.75, 3.05) is 0 Å². The average molecular weight is 326 g/mol. The molecule has 1 aromatic rings. The second-order valence-electron chi connectivity index (χ2n) is 6.99. The number of fused-ring (bicyclic) bond motifs is 2. The molecular weight excluding hydrogens is 300 g/mol. The van der Waals surface area contributed by atoms with Crippen molar-refractivity contribution in [3.63, 3.8) is 0 Å². The van der Waals surface area contributed by atoms with Crippen molar-refractivity contribution in [3.05, 3.63) is 48.1 Å². The van der Waals surface area contributed by atoms with Gasteiger partial charge in [-0.15, -0.1) is 0 Å². The first kappa shape index (κ1) is 16.8. The van der Waals surface area contributed by atoms with Crippen LogP contribution in [0.1, 0.15) is 44.2 Å². The van der Waals surface area contributed by atoms with Gasteiger partial charge in [-0.2, -0.15) is 0 Å². The molecule has 0 heterocycles. The van der Waals surface area contributed by atoms with Crippen molar-refractivity contribution in [2.24, 2.45) is 11.8 Å². The molecule has 0 aliphatic heterocycles. The molecule has 0 radical (unpaired) electrons. The number of carbonyl (C=O) groups is 1. The molecule has 2 aliphatic carbocycles. The van der Waals surface area contributed by atoms with E-state index in [4.69, 9.17) is 9.47 Å². The number of carbonyl (C=O) groups excluding carboxylic acids is 1. The summed E-state index contributed by atoms with van der Waals surface area (Å²) in [6.07, 6.45) is 9.81. The van der Waals surface area contributed by atoms with Gasteiger partial charge in [-0.25, -0.2) is 0 Å². The zero-order valence-electron chi connectivity index (χ0n) is 14.5. The molecule has 3 atom stereocenters. The standard InChI is InChI=1S/C21H26O3/c1-4-16-13-15(5-11-19(16)23-14(2)3)6-12-20(22)24-21-17-7-8-18(21)10-9-17/h4-5,7-8,11,13-14,17-18,21H,1,6,9-10,12H2,2-3H3/t17-,18?,21?/m0/s1. The van der Waals surface area contributed by atoms with E-state index >= 15 is 0 Å². The molecule has 2 aliphatic rings. The topological polar surface area (TPSA) is 35.5 Å². The molecule has 2 bridgehead atoms. The van der Waals surface area contributed by atoms with E-state index in [0.29, 0.717) is 24.7 Å². The third kappa shape index (κ3) is 3.72. The maximum absolute atomic E-state index is 12.2. The molecule has 0 aromatic heterocycles. The van der Waals surface area contributed by atoms with E-state index in [-0.39, 0.29) is 18.2 Å². The van der Waals surface area contributed by atoms with Crippen LogP contribution in [-0.4, -0.2) is 18.2 Å². The first-order chi connectivity index (χ1) is 11.6. The Morgan fingerprint density at radius 2 is 2.00 bits per heavy atom. The molecule has 2 unspecified atom stereocenters. The lowest BCUT2D eigenvalue weighted by atomic mass is 10.0. The number of ether oxygens (including phenoxy) is 2. The Labute approximate surface area is 144 Å². The van der Waals surface area contributed by atoms with Gasteiger partial charge in [-0.3, -0.25) is 4.79 Å². The average Bonchev–Trinajstić information content (AvgIpc) is 3.12. The fourth-order valence-electron chi connectivity index (χ4n) is 3.63. The summed E-state index contributed by atoms with van der Waals surface area (Å²) in [5.74, 6) is 1.63. The van der Waals surface area contributed by atoms with Gasteiger partial charge in [0.1, 0.15) is 11.9 Å². The maximum Gasteiger partial charge on any atom is 0.306 e. The van der Waals surface area contributed by atoms with E-state index in [1.54, 1.807) is 6.08 Å². The Bertz CT molecular complexity index is 630. The van der Waals surface area contributed by atoms with Crippen molar-refractivity contribution in [2.45, 2.75) is 51.7 Å². The Balaban J connectivity index is 1.54. The van der Waals surface area contributed by atoms with Crippen LogP contribution >= 0.6 is 0 Å². The van der Waals surface area contributed by atoms with Gasteiger partial charge < -0.3 is 9.47 Å². The number of rotatable bonds is 7. The molecule has 3 rings (SSSR count). The summed E-state index contributed by atoms with van der Waals surface area (Å²) in [4.78, 5) is 12.2. The SMILES string of the molecule is C=Cc1cc(CCC(=O)OC2C3C=C[C@H]2CC3)ccc1OC(C)C. The lowest BCUT2D eigenvalue weighted by molar-refractivity contribution is -0.150. The molecule has 1 fully saturated rings. The monoisotopic (exact) mass is 326 g/mol. The fraction of sp³-hybridized carbons (Fsp3) is 0.476. The van der Waals surface area contributed by atoms with Gasteiger partial charge in [0.05, 0.1) is 6.10 Å². The van der Waals surface area contributed by atoms with Gasteiger partial charge in [-0.1, -0.05) is 30.9 Å². The van der Waals surface area contributed by atoms with E-state index < -0.39 is 0 Å². The minimum Gasteiger partial charge on any atom is -0.490 e. The summed E-state index contributed by atoms with van der Waals surface area (Å²) in [5, 5.41) is 0. The molecule has 0 saturated heterocycles. The van der Waals surface area contributed by atoms with Crippen molar-refractivity contribution < 1.29 is 14.3 Å². The highest BCUT2D eigenvalue weighted by Crippen LogP contribution is 2.41. The molecule has 24 heavy (non-hydrogen) atoms. The zero-order valence-corrected chi connectivity index (χ0v) is 14.5. The van der Waals surface area contributed by atoms with Gasteiger partial charge in [0.25, 0.3) is 0 Å². The molecule has 1 aromatic carbocycles. The first-order valence-electron chi connectivity index (χ1n) is 8.86. The molecule has 3 nitrogen and oxygen atoms in total. The minimum absolute atomic E-state index is 0.0862. The first-order valence-corrected chi connectivity index (χ1v) is 8.86. The quantitative estimate of drug-likeness (QED) is 0.544.